The number of hydrogen-bond acceptors (Lipinski definition) is 5. The van der Waals surface area contributed by atoms with Gasteiger partial charge in [-0.3, -0.25) is 9.88 Å². The first kappa shape index (κ1) is 16.0. The van der Waals surface area contributed by atoms with Crippen LogP contribution in [0.4, 0.5) is 0 Å². The first-order valence-electron chi connectivity index (χ1n) is 8.83. The van der Waals surface area contributed by atoms with Crippen LogP contribution in [0.1, 0.15) is 42.3 Å². The number of pyridine rings is 1. The minimum Gasteiger partial charge on any atom is -0.337 e. The molecule has 0 N–H and O–H groups in total. The van der Waals surface area contributed by atoms with Gasteiger partial charge in [-0.05, 0) is 44.0 Å². The molecule has 0 bridgehead atoms. The summed E-state index contributed by atoms with van der Waals surface area (Å²) in [5.41, 5.74) is 3.55. The topological polar surface area (TPSA) is 55.1 Å². The van der Waals surface area contributed by atoms with Crippen molar-refractivity contribution in [2.24, 2.45) is 0 Å². The number of rotatable bonds is 4. The van der Waals surface area contributed by atoms with E-state index in [-0.39, 0.29) is 6.04 Å². The molecule has 5 heteroatoms. The van der Waals surface area contributed by atoms with Crippen molar-refractivity contribution in [3.63, 3.8) is 0 Å². The lowest BCUT2D eigenvalue weighted by molar-refractivity contribution is 0.111. The molecule has 4 rings (SSSR count). The van der Waals surface area contributed by atoms with Crippen LogP contribution in [0.3, 0.4) is 0 Å². The molecule has 1 aromatic carbocycles. The minimum absolute atomic E-state index is 0.193. The van der Waals surface area contributed by atoms with Crippen molar-refractivity contribution in [2.45, 2.75) is 38.8 Å². The summed E-state index contributed by atoms with van der Waals surface area (Å²) in [5, 5.41) is 4.17. The van der Waals surface area contributed by atoms with Crippen LogP contribution in [0.2, 0.25) is 0 Å². The van der Waals surface area contributed by atoms with Gasteiger partial charge in [0.15, 0.2) is 0 Å². The third-order valence-electron chi connectivity index (χ3n) is 4.79. The van der Waals surface area contributed by atoms with Crippen molar-refractivity contribution >= 4 is 0 Å². The fourth-order valence-electron chi connectivity index (χ4n) is 3.38. The standard InChI is InChI=1S/C20H22N4O/c1-15-5-7-16(8-6-15)14-24-13-3-2-4-18(24)20-22-19(23-25-20)17-9-11-21-12-10-17/h5-12,18H,2-4,13-14H2,1H3/t18-/m0/s1. The highest BCUT2D eigenvalue weighted by molar-refractivity contribution is 5.52. The molecule has 3 aromatic rings. The Morgan fingerprint density at radius 3 is 2.68 bits per heavy atom. The summed E-state index contributed by atoms with van der Waals surface area (Å²) in [5.74, 6) is 1.36. The van der Waals surface area contributed by atoms with E-state index in [0.29, 0.717) is 5.82 Å². The van der Waals surface area contributed by atoms with Gasteiger partial charge in [0.05, 0.1) is 6.04 Å². The fourth-order valence-corrected chi connectivity index (χ4v) is 3.38. The van der Waals surface area contributed by atoms with E-state index in [1.807, 2.05) is 12.1 Å². The number of aromatic nitrogens is 3. The van der Waals surface area contributed by atoms with Crippen molar-refractivity contribution in [3.05, 3.63) is 65.8 Å². The van der Waals surface area contributed by atoms with Crippen LogP contribution in [0.15, 0.2) is 53.3 Å². The molecule has 0 spiro atoms. The highest BCUT2D eigenvalue weighted by Crippen LogP contribution is 2.32. The predicted octanol–water partition coefficient (Wildman–Crippen LogP) is 4.17. The average molecular weight is 334 g/mol. The Morgan fingerprint density at radius 1 is 1.08 bits per heavy atom. The summed E-state index contributed by atoms with van der Waals surface area (Å²) in [6.07, 6.45) is 6.96. The maximum absolute atomic E-state index is 5.62. The van der Waals surface area contributed by atoms with E-state index in [4.69, 9.17) is 4.52 Å². The molecule has 1 fully saturated rings. The smallest absolute Gasteiger partial charge is 0.244 e. The van der Waals surface area contributed by atoms with Crippen molar-refractivity contribution in [1.29, 1.82) is 0 Å². The van der Waals surface area contributed by atoms with Gasteiger partial charge >= 0.3 is 0 Å². The van der Waals surface area contributed by atoms with E-state index >= 15 is 0 Å². The maximum atomic E-state index is 5.62. The summed E-state index contributed by atoms with van der Waals surface area (Å²) in [4.78, 5) is 11.2. The van der Waals surface area contributed by atoms with Crippen LogP contribution < -0.4 is 0 Å². The Morgan fingerprint density at radius 2 is 1.88 bits per heavy atom. The Bertz CT molecular complexity index is 813. The molecule has 1 aliphatic rings. The lowest BCUT2D eigenvalue weighted by Crippen LogP contribution is -2.33. The third kappa shape index (κ3) is 3.61. The molecule has 0 saturated carbocycles. The second-order valence-corrected chi connectivity index (χ2v) is 6.66. The molecule has 2 aromatic heterocycles. The van der Waals surface area contributed by atoms with Gasteiger partial charge in [-0.2, -0.15) is 4.98 Å². The monoisotopic (exact) mass is 334 g/mol. The molecule has 5 nitrogen and oxygen atoms in total. The summed E-state index contributed by atoms with van der Waals surface area (Å²) >= 11 is 0. The molecule has 0 aliphatic carbocycles. The molecular formula is C20H22N4O. The zero-order valence-corrected chi connectivity index (χ0v) is 14.4. The zero-order chi connectivity index (χ0) is 17.1. The molecule has 3 heterocycles. The Kier molecular flexibility index (Phi) is 4.57. The largest absolute Gasteiger partial charge is 0.337 e. The van der Waals surface area contributed by atoms with Crippen molar-refractivity contribution in [1.82, 2.24) is 20.0 Å². The minimum atomic E-state index is 0.193. The van der Waals surface area contributed by atoms with Gasteiger partial charge in [0.2, 0.25) is 11.7 Å². The molecule has 0 radical (unpaired) electrons. The number of hydrogen-bond donors (Lipinski definition) is 0. The first-order chi connectivity index (χ1) is 12.3. The fraction of sp³-hybridized carbons (Fsp3) is 0.350. The quantitative estimate of drug-likeness (QED) is 0.717. The van der Waals surface area contributed by atoms with Crippen molar-refractivity contribution in [3.8, 4) is 11.4 Å². The SMILES string of the molecule is Cc1ccc(CN2CCCC[C@H]2c2nc(-c3ccncc3)no2)cc1. The van der Waals surface area contributed by atoms with Gasteiger partial charge in [0.1, 0.15) is 0 Å². The number of aryl methyl sites for hydroxylation is 1. The normalized spacial score (nSPS) is 18.4. The maximum Gasteiger partial charge on any atom is 0.244 e. The third-order valence-corrected chi connectivity index (χ3v) is 4.79. The first-order valence-corrected chi connectivity index (χ1v) is 8.83. The van der Waals surface area contributed by atoms with E-state index < -0.39 is 0 Å². The molecule has 0 amide bonds. The van der Waals surface area contributed by atoms with Crippen LogP contribution in [0.5, 0.6) is 0 Å². The van der Waals surface area contributed by atoms with Crippen LogP contribution in [-0.4, -0.2) is 26.6 Å². The molecule has 25 heavy (non-hydrogen) atoms. The molecular weight excluding hydrogens is 312 g/mol. The second-order valence-electron chi connectivity index (χ2n) is 6.66. The van der Waals surface area contributed by atoms with Gasteiger partial charge in [-0.25, -0.2) is 0 Å². The number of benzene rings is 1. The van der Waals surface area contributed by atoms with Crippen molar-refractivity contribution < 1.29 is 4.52 Å². The average Bonchev–Trinajstić information content (AvgIpc) is 3.15. The van der Waals surface area contributed by atoms with E-state index in [1.165, 1.54) is 24.0 Å². The summed E-state index contributed by atoms with van der Waals surface area (Å²) in [6, 6.07) is 12.7. The van der Waals surface area contributed by atoms with Gasteiger partial charge in [0.25, 0.3) is 0 Å². The number of nitrogens with zero attached hydrogens (tertiary/aromatic N) is 4. The summed E-state index contributed by atoms with van der Waals surface area (Å²) < 4.78 is 5.62. The van der Waals surface area contributed by atoms with E-state index in [1.54, 1.807) is 12.4 Å². The van der Waals surface area contributed by atoms with E-state index in [9.17, 15) is 0 Å². The highest BCUT2D eigenvalue weighted by Gasteiger charge is 2.29. The Hall–Kier alpha value is -2.53. The van der Waals surface area contributed by atoms with Gasteiger partial charge in [0, 0.05) is 24.5 Å². The highest BCUT2D eigenvalue weighted by atomic mass is 16.5. The van der Waals surface area contributed by atoms with Crippen LogP contribution in [0.25, 0.3) is 11.4 Å². The molecule has 1 aliphatic heterocycles. The summed E-state index contributed by atoms with van der Waals surface area (Å²) in [6.45, 7) is 4.09. The van der Waals surface area contributed by atoms with Crippen LogP contribution in [0, 0.1) is 6.92 Å². The number of piperidine rings is 1. The lowest BCUT2D eigenvalue weighted by atomic mass is 10.0. The van der Waals surface area contributed by atoms with Gasteiger partial charge in [-0.1, -0.05) is 41.4 Å². The Balaban J connectivity index is 1.55. The molecule has 0 unspecified atom stereocenters. The lowest BCUT2D eigenvalue weighted by Gasteiger charge is -2.33. The van der Waals surface area contributed by atoms with Gasteiger partial charge < -0.3 is 4.52 Å². The second kappa shape index (κ2) is 7.15. The van der Waals surface area contributed by atoms with E-state index in [0.717, 1.165) is 31.0 Å². The van der Waals surface area contributed by atoms with Gasteiger partial charge in [-0.15, -0.1) is 0 Å². The number of likely N-dealkylation sites (tertiary alicyclic amines) is 1. The predicted molar refractivity (Wildman–Crippen MR) is 95.7 cm³/mol. The van der Waals surface area contributed by atoms with Crippen LogP contribution >= 0.6 is 0 Å². The summed E-state index contributed by atoms with van der Waals surface area (Å²) in [7, 11) is 0. The Labute approximate surface area is 147 Å². The van der Waals surface area contributed by atoms with E-state index in [2.05, 4.69) is 51.2 Å². The zero-order valence-electron chi connectivity index (χ0n) is 14.4. The molecule has 128 valence electrons. The van der Waals surface area contributed by atoms with Crippen molar-refractivity contribution in [2.75, 3.05) is 6.54 Å². The van der Waals surface area contributed by atoms with Crippen LogP contribution in [-0.2, 0) is 6.54 Å². The molecule has 1 saturated heterocycles. The molecule has 1 atom stereocenters.